The van der Waals surface area contributed by atoms with Crippen LogP contribution >= 0.6 is 0 Å². The molecule has 0 bridgehead atoms. The SMILES string of the molecule is CC(C)C[C@@H](NC(=O)N1CCCCC1C(N)=O)C(=O)O. The number of likely N-dealkylation sites (tertiary alicyclic amines) is 1. The summed E-state index contributed by atoms with van der Waals surface area (Å²) in [5.74, 6) is -1.47. The van der Waals surface area contributed by atoms with Crippen LogP contribution in [0.25, 0.3) is 0 Å². The van der Waals surface area contributed by atoms with Gasteiger partial charge >= 0.3 is 12.0 Å². The Kier molecular flexibility index (Phi) is 5.79. The molecule has 3 amide bonds. The lowest BCUT2D eigenvalue weighted by Crippen LogP contribution is -2.56. The van der Waals surface area contributed by atoms with Gasteiger partial charge in [-0.15, -0.1) is 0 Å². The number of amides is 3. The highest BCUT2D eigenvalue weighted by Crippen LogP contribution is 2.17. The number of piperidine rings is 1. The molecule has 0 spiro atoms. The van der Waals surface area contributed by atoms with Crippen molar-refractivity contribution in [3.8, 4) is 0 Å². The maximum absolute atomic E-state index is 12.2. The summed E-state index contributed by atoms with van der Waals surface area (Å²) < 4.78 is 0. The largest absolute Gasteiger partial charge is 0.480 e. The molecule has 2 atom stereocenters. The first kappa shape index (κ1) is 16.3. The average molecular weight is 285 g/mol. The second kappa shape index (κ2) is 7.12. The molecule has 0 aromatic heterocycles. The zero-order valence-corrected chi connectivity index (χ0v) is 12.0. The van der Waals surface area contributed by atoms with Crippen LogP contribution in [0.2, 0.25) is 0 Å². The molecule has 1 heterocycles. The van der Waals surface area contributed by atoms with Crippen LogP contribution in [-0.4, -0.2) is 46.5 Å². The van der Waals surface area contributed by atoms with Crippen LogP contribution in [0, 0.1) is 5.92 Å². The topological polar surface area (TPSA) is 113 Å². The van der Waals surface area contributed by atoms with E-state index < -0.39 is 30.0 Å². The van der Waals surface area contributed by atoms with E-state index in [1.165, 1.54) is 4.90 Å². The molecule has 0 aliphatic carbocycles. The number of hydrogen-bond donors (Lipinski definition) is 3. The Morgan fingerprint density at radius 3 is 2.50 bits per heavy atom. The van der Waals surface area contributed by atoms with Gasteiger partial charge < -0.3 is 21.1 Å². The van der Waals surface area contributed by atoms with Gasteiger partial charge in [0.1, 0.15) is 12.1 Å². The number of carbonyl (C=O) groups excluding carboxylic acids is 2. The Morgan fingerprint density at radius 2 is 2.00 bits per heavy atom. The maximum atomic E-state index is 12.2. The molecule has 4 N–H and O–H groups in total. The van der Waals surface area contributed by atoms with Gasteiger partial charge in [0.25, 0.3) is 0 Å². The van der Waals surface area contributed by atoms with Crippen LogP contribution in [0.15, 0.2) is 0 Å². The molecule has 114 valence electrons. The number of hydrogen-bond acceptors (Lipinski definition) is 3. The fraction of sp³-hybridized carbons (Fsp3) is 0.769. The van der Waals surface area contributed by atoms with Crippen LogP contribution in [0.3, 0.4) is 0 Å². The van der Waals surface area contributed by atoms with Crippen molar-refractivity contribution in [1.82, 2.24) is 10.2 Å². The smallest absolute Gasteiger partial charge is 0.326 e. The highest BCUT2D eigenvalue weighted by atomic mass is 16.4. The van der Waals surface area contributed by atoms with Crippen LogP contribution in [0.4, 0.5) is 4.79 Å². The number of nitrogens with one attached hydrogen (secondary N) is 1. The summed E-state index contributed by atoms with van der Waals surface area (Å²) in [5.41, 5.74) is 5.29. The van der Waals surface area contributed by atoms with E-state index >= 15 is 0 Å². The van der Waals surface area contributed by atoms with Crippen LogP contribution in [-0.2, 0) is 9.59 Å². The Hall–Kier alpha value is -1.79. The normalized spacial score (nSPS) is 20.6. The van der Waals surface area contributed by atoms with E-state index in [2.05, 4.69) is 5.32 Å². The minimum Gasteiger partial charge on any atom is -0.480 e. The zero-order valence-electron chi connectivity index (χ0n) is 12.0. The molecule has 1 fully saturated rings. The van der Waals surface area contributed by atoms with Gasteiger partial charge in [-0.3, -0.25) is 4.79 Å². The van der Waals surface area contributed by atoms with Gasteiger partial charge in [-0.25, -0.2) is 9.59 Å². The molecule has 1 saturated heterocycles. The first-order valence-corrected chi connectivity index (χ1v) is 6.92. The van der Waals surface area contributed by atoms with Gasteiger partial charge in [0, 0.05) is 6.54 Å². The van der Waals surface area contributed by atoms with Crippen LogP contribution < -0.4 is 11.1 Å². The quantitative estimate of drug-likeness (QED) is 0.684. The standard InChI is InChI=1S/C13H23N3O4/c1-8(2)7-9(12(18)19)15-13(20)16-6-4-3-5-10(16)11(14)17/h8-10H,3-7H2,1-2H3,(H2,14,17)(H,15,20)(H,18,19)/t9-,10?/m1/s1. The molecule has 0 aromatic rings. The number of nitrogens with zero attached hydrogens (tertiary/aromatic N) is 1. The number of aliphatic carboxylic acids is 1. The second-order valence-corrected chi connectivity index (χ2v) is 5.58. The molecule has 1 aliphatic rings. The van der Waals surface area contributed by atoms with Crippen molar-refractivity contribution >= 4 is 17.9 Å². The molecular formula is C13H23N3O4. The number of rotatable bonds is 5. The highest BCUT2D eigenvalue weighted by Gasteiger charge is 2.32. The number of carboxylic acids is 1. The monoisotopic (exact) mass is 285 g/mol. The van der Waals surface area contributed by atoms with Crippen LogP contribution in [0.5, 0.6) is 0 Å². The summed E-state index contributed by atoms with van der Waals surface area (Å²) in [6.07, 6.45) is 2.51. The summed E-state index contributed by atoms with van der Waals surface area (Å²) in [4.78, 5) is 36.0. The first-order chi connectivity index (χ1) is 9.32. The van der Waals surface area contributed by atoms with Crippen molar-refractivity contribution in [2.24, 2.45) is 11.7 Å². The van der Waals surface area contributed by atoms with E-state index in [0.29, 0.717) is 19.4 Å². The Labute approximate surface area is 118 Å². The van der Waals surface area contributed by atoms with Crippen molar-refractivity contribution in [3.05, 3.63) is 0 Å². The van der Waals surface area contributed by atoms with E-state index in [9.17, 15) is 14.4 Å². The number of nitrogens with two attached hydrogens (primary N) is 1. The summed E-state index contributed by atoms with van der Waals surface area (Å²) in [5, 5.41) is 11.6. The van der Waals surface area contributed by atoms with Gasteiger partial charge in [0.15, 0.2) is 0 Å². The first-order valence-electron chi connectivity index (χ1n) is 6.92. The van der Waals surface area contributed by atoms with Crippen molar-refractivity contribution in [1.29, 1.82) is 0 Å². The third kappa shape index (κ3) is 4.40. The Balaban J connectivity index is 2.71. The molecule has 0 radical (unpaired) electrons. The number of carbonyl (C=O) groups is 3. The lowest BCUT2D eigenvalue weighted by atomic mass is 10.0. The number of carboxylic acid groups (broad SMARTS) is 1. The number of urea groups is 1. The minimum atomic E-state index is -1.07. The van der Waals surface area contributed by atoms with Gasteiger partial charge in [-0.1, -0.05) is 13.8 Å². The maximum Gasteiger partial charge on any atom is 0.326 e. The van der Waals surface area contributed by atoms with Gasteiger partial charge in [0.05, 0.1) is 0 Å². The molecule has 0 saturated carbocycles. The summed E-state index contributed by atoms with van der Waals surface area (Å²) in [7, 11) is 0. The van der Waals surface area contributed by atoms with E-state index in [4.69, 9.17) is 10.8 Å². The summed E-state index contributed by atoms with van der Waals surface area (Å²) in [6, 6.07) is -2.11. The minimum absolute atomic E-state index is 0.143. The predicted octanol–water partition coefficient (Wildman–Crippen LogP) is 0.535. The summed E-state index contributed by atoms with van der Waals surface area (Å²) in [6.45, 7) is 4.19. The lowest BCUT2D eigenvalue weighted by molar-refractivity contribution is -0.139. The van der Waals surface area contributed by atoms with E-state index in [1.54, 1.807) is 0 Å². The van der Waals surface area contributed by atoms with Crippen LogP contribution in [0.1, 0.15) is 39.5 Å². The predicted molar refractivity (Wildman–Crippen MR) is 72.9 cm³/mol. The number of primary amides is 1. The van der Waals surface area contributed by atoms with Gasteiger partial charge in [0.2, 0.25) is 5.91 Å². The van der Waals surface area contributed by atoms with Crippen molar-refractivity contribution in [3.63, 3.8) is 0 Å². The van der Waals surface area contributed by atoms with Gasteiger partial charge in [-0.2, -0.15) is 0 Å². The zero-order chi connectivity index (χ0) is 15.3. The second-order valence-electron chi connectivity index (χ2n) is 5.58. The van der Waals surface area contributed by atoms with Gasteiger partial charge in [-0.05, 0) is 31.6 Å². The molecule has 20 heavy (non-hydrogen) atoms. The lowest BCUT2D eigenvalue weighted by Gasteiger charge is -2.34. The fourth-order valence-corrected chi connectivity index (χ4v) is 2.40. The molecule has 1 unspecified atom stereocenters. The molecular weight excluding hydrogens is 262 g/mol. The third-order valence-corrected chi connectivity index (χ3v) is 3.39. The van der Waals surface area contributed by atoms with Crippen molar-refractivity contribution in [2.75, 3.05) is 6.54 Å². The molecule has 0 aromatic carbocycles. The third-order valence-electron chi connectivity index (χ3n) is 3.39. The fourth-order valence-electron chi connectivity index (χ4n) is 2.40. The molecule has 1 aliphatic heterocycles. The molecule has 1 rings (SSSR count). The highest BCUT2D eigenvalue weighted by molar-refractivity contribution is 5.88. The Bertz CT molecular complexity index is 384. The van der Waals surface area contributed by atoms with Crippen molar-refractivity contribution < 1.29 is 19.5 Å². The van der Waals surface area contributed by atoms with E-state index in [0.717, 1.165) is 12.8 Å². The Morgan fingerprint density at radius 1 is 1.35 bits per heavy atom. The van der Waals surface area contributed by atoms with E-state index in [-0.39, 0.29) is 5.92 Å². The average Bonchev–Trinajstić information content (AvgIpc) is 2.37. The van der Waals surface area contributed by atoms with E-state index in [1.807, 2.05) is 13.8 Å². The molecule has 7 heteroatoms. The molecule has 7 nitrogen and oxygen atoms in total. The summed E-state index contributed by atoms with van der Waals surface area (Å²) >= 11 is 0. The van der Waals surface area contributed by atoms with Crippen molar-refractivity contribution in [2.45, 2.75) is 51.6 Å².